The lowest BCUT2D eigenvalue weighted by Crippen LogP contribution is -2.64. The average molecular weight is 1170 g/mol. The first kappa shape index (κ1) is 65.3. The maximum absolute atomic E-state index is 14.6. The van der Waals surface area contributed by atoms with Crippen LogP contribution in [0.25, 0.3) is 0 Å². The number of phenols is 1. The number of unbranched alkanes of at least 4 members (excludes halogenated alkanes) is 5. The van der Waals surface area contributed by atoms with Crippen LogP contribution in [0.5, 0.6) is 17.4 Å². The predicted octanol–water partition coefficient (Wildman–Crippen LogP) is -4.48. The SMILES string of the molecule is CCCCCCCCOc1ccc(C(=O)N[C@H]2CC(O)C(O)NC(=O)C3C(O)C(C)CN3C(=O)C(C(O)CC(N)=O)NC(=O)C(C(O)C(O)c3ccc(O)c(OSOOO)c3)NC(=O)C3CC(O)CN3C(=O)C(C(C)O)NC2=O)cn1. The Morgan fingerprint density at radius 3 is 2.15 bits per heavy atom. The van der Waals surface area contributed by atoms with Gasteiger partial charge in [0.1, 0.15) is 54.6 Å². The number of nitrogens with one attached hydrogen (secondary N) is 5. The van der Waals surface area contributed by atoms with Crippen LogP contribution in [-0.2, 0) is 42.9 Å². The Hall–Kier alpha value is -6.56. The molecule has 14 unspecified atom stereocenters. The number of amides is 8. The van der Waals surface area contributed by atoms with Gasteiger partial charge in [-0.3, -0.25) is 38.4 Å². The molecule has 8 amide bonds. The van der Waals surface area contributed by atoms with Gasteiger partial charge in [0.25, 0.3) is 18.2 Å². The van der Waals surface area contributed by atoms with Gasteiger partial charge in [0.05, 0.1) is 43.0 Å². The number of hydrogen-bond donors (Lipinski definition) is 16. The lowest BCUT2D eigenvalue weighted by molar-refractivity contribution is -0.433. The van der Waals surface area contributed by atoms with Crippen molar-refractivity contribution in [3.05, 3.63) is 47.7 Å². The molecule has 0 saturated carbocycles. The van der Waals surface area contributed by atoms with Crippen LogP contribution in [0.2, 0.25) is 0 Å². The van der Waals surface area contributed by atoms with Crippen molar-refractivity contribution in [1.82, 2.24) is 41.4 Å². The fraction of sp³-hybridized carbons (Fsp3) is 0.612. The third kappa shape index (κ3) is 17.5. The summed E-state index contributed by atoms with van der Waals surface area (Å²) >= 11 is -0.0341. The summed E-state index contributed by atoms with van der Waals surface area (Å²) in [5.41, 5.74) is 4.83. The summed E-state index contributed by atoms with van der Waals surface area (Å²) in [5.74, 6) is -12.5. The Morgan fingerprint density at radius 1 is 0.827 bits per heavy atom. The van der Waals surface area contributed by atoms with Crippen molar-refractivity contribution in [3.63, 3.8) is 0 Å². The van der Waals surface area contributed by atoms with E-state index in [4.69, 9.17) is 19.9 Å². The van der Waals surface area contributed by atoms with E-state index in [1.807, 2.05) is 5.32 Å². The molecule has 31 nitrogen and oxygen atoms in total. The van der Waals surface area contributed by atoms with E-state index in [1.165, 1.54) is 19.1 Å². The number of pyridine rings is 1. The van der Waals surface area contributed by atoms with Crippen LogP contribution in [-0.4, -0.2) is 212 Å². The highest BCUT2D eigenvalue weighted by molar-refractivity contribution is 7.90. The molecule has 32 heteroatoms. The quantitative estimate of drug-likeness (QED) is 0.0243. The standard InChI is InChI=1S/C49H71N9O22S/c1-4-5-6-7-8-9-14-77-34-13-11-25(19-51-34)42(68)52-27-17-31(63)45(71)56-47(73)38-39(65)22(2)20-58(38)49(75)36(30(62)18-33(50)64)54-46(72)37(41(67)40(66)24-10-12-29(61)32(15-24)78-81-80-79-76)55-44(70)28-16-26(60)21-57(28)48(74)35(23(3)59)53-43(27)69/h10-13,15,19,22-23,26-28,30-31,35-41,45,59-63,65-67,71,76H,4-9,14,16-18,20-21H2,1-3H3,(H2,50,64)(H,52,68)(H,53,69)(H,54,72)(H,55,70)(H,56,73)/t22?,23?,26?,27-,28?,30?,31?,35?,36?,37?,38?,39?,40?,41?,45?/m0/s1. The molecule has 450 valence electrons. The highest BCUT2D eigenvalue weighted by Crippen LogP contribution is 2.34. The molecule has 2 aromatic rings. The Balaban J connectivity index is 1.56. The topological polar surface area (TPSA) is 481 Å². The van der Waals surface area contributed by atoms with Crippen molar-refractivity contribution >= 4 is 59.6 Å². The molecule has 1 aromatic heterocycles. The normalized spacial score (nSPS) is 27.7. The number of aliphatic hydroxyl groups excluding tert-OH is 8. The summed E-state index contributed by atoms with van der Waals surface area (Å²) in [6, 6.07) is -7.20. The molecule has 15 atom stereocenters. The van der Waals surface area contributed by atoms with Gasteiger partial charge in [-0.15, -0.1) is 0 Å². The number of hydrogen-bond acceptors (Lipinski definition) is 24. The van der Waals surface area contributed by atoms with Gasteiger partial charge in [-0.05, 0) is 37.1 Å². The Bertz CT molecular complexity index is 2500. The Labute approximate surface area is 467 Å². The zero-order valence-electron chi connectivity index (χ0n) is 44.3. The number of rotatable bonds is 21. The number of phenolic OH excluding ortho intramolecular Hbond substituents is 1. The van der Waals surface area contributed by atoms with Gasteiger partial charge in [0.15, 0.2) is 17.7 Å². The van der Waals surface area contributed by atoms with Gasteiger partial charge in [-0.2, -0.15) is 0 Å². The van der Waals surface area contributed by atoms with Crippen LogP contribution in [0, 0.1) is 5.92 Å². The molecule has 81 heavy (non-hydrogen) atoms. The molecule has 3 fully saturated rings. The summed E-state index contributed by atoms with van der Waals surface area (Å²) in [6.07, 6.45) is -12.4. The number of aliphatic hydroxyl groups is 8. The van der Waals surface area contributed by atoms with Gasteiger partial charge >= 0.3 is 0 Å². The number of benzene rings is 1. The molecule has 0 bridgehead atoms. The van der Waals surface area contributed by atoms with Crippen molar-refractivity contribution in [2.75, 3.05) is 19.7 Å². The number of aromatic nitrogens is 1. The highest BCUT2D eigenvalue weighted by atomic mass is 32.2. The van der Waals surface area contributed by atoms with Crippen LogP contribution in [0.3, 0.4) is 0 Å². The van der Waals surface area contributed by atoms with Crippen molar-refractivity contribution < 1.29 is 108 Å². The molecule has 5 rings (SSSR count). The lowest BCUT2D eigenvalue weighted by Gasteiger charge is -2.34. The fourth-order valence-electron chi connectivity index (χ4n) is 9.36. The molecule has 1 aromatic carbocycles. The zero-order valence-corrected chi connectivity index (χ0v) is 45.1. The average Bonchev–Trinajstić information content (AvgIpc) is 4.03. The molecular weight excluding hydrogens is 1100 g/mol. The number of ether oxygens (including phenoxy) is 1. The van der Waals surface area contributed by atoms with Gasteiger partial charge in [-0.25, -0.2) is 10.2 Å². The maximum Gasteiger partial charge on any atom is 0.261 e. The number of carbonyl (C=O) groups excluding carboxylic acids is 8. The van der Waals surface area contributed by atoms with E-state index in [0.717, 1.165) is 69.8 Å². The van der Waals surface area contributed by atoms with Crippen LogP contribution in [0.15, 0.2) is 36.5 Å². The van der Waals surface area contributed by atoms with E-state index < -0.39 is 182 Å². The molecule has 3 aliphatic rings. The second-order valence-corrected chi connectivity index (χ2v) is 20.4. The van der Waals surface area contributed by atoms with Crippen molar-refractivity contribution in [2.24, 2.45) is 11.7 Å². The Kier molecular flexibility index (Phi) is 24.6. The van der Waals surface area contributed by atoms with Crippen LogP contribution < -0.4 is 41.2 Å². The van der Waals surface area contributed by atoms with E-state index >= 15 is 0 Å². The zero-order chi connectivity index (χ0) is 59.8. The largest absolute Gasteiger partial charge is 0.504 e. The molecule has 3 aliphatic heterocycles. The third-order valence-corrected chi connectivity index (χ3v) is 14.2. The van der Waals surface area contributed by atoms with Crippen LogP contribution in [0.4, 0.5) is 0 Å². The first-order chi connectivity index (χ1) is 38.4. The third-order valence-electron chi connectivity index (χ3n) is 13.8. The van der Waals surface area contributed by atoms with Crippen molar-refractivity contribution in [3.8, 4) is 17.4 Å². The first-order valence-electron chi connectivity index (χ1n) is 26.0. The monoisotopic (exact) mass is 1170 g/mol. The number of nitrogens with zero attached hydrogens (tertiary/aromatic N) is 3. The van der Waals surface area contributed by atoms with Gasteiger partial charge in [0.2, 0.25) is 47.2 Å². The summed E-state index contributed by atoms with van der Waals surface area (Å²) in [6.45, 7) is 3.67. The molecule has 0 spiro atoms. The summed E-state index contributed by atoms with van der Waals surface area (Å²) in [7, 11) is 0. The molecular formula is C49H71N9O22S. The number of aromatic hydroxyl groups is 1. The molecule has 17 N–H and O–H groups in total. The fourth-order valence-corrected chi connectivity index (χ4v) is 9.62. The summed E-state index contributed by atoms with van der Waals surface area (Å²) < 4.78 is 14.8. The van der Waals surface area contributed by atoms with E-state index in [2.05, 4.69) is 42.5 Å². The number of primary amides is 1. The minimum atomic E-state index is -2.55. The second-order valence-electron chi connectivity index (χ2n) is 20.0. The van der Waals surface area contributed by atoms with E-state index in [1.54, 1.807) is 0 Å². The predicted molar refractivity (Wildman–Crippen MR) is 275 cm³/mol. The van der Waals surface area contributed by atoms with E-state index in [0.29, 0.717) is 16.4 Å². The van der Waals surface area contributed by atoms with Crippen LogP contribution in [0.1, 0.15) is 101 Å². The number of nitrogens with two attached hydrogens (primary N) is 1. The van der Waals surface area contributed by atoms with Crippen molar-refractivity contribution in [1.29, 1.82) is 0 Å². The highest BCUT2D eigenvalue weighted by Gasteiger charge is 2.51. The minimum absolute atomic E-state index is 0.0341. The molecule has 4 heterocycles. The second kappa shape index (κ2) is 30.5. The molecule has 0 aliphatic carbocycles. The van der Waals surface area contributed by atoms with Gasteiger partial charge < -0.3 is 97.0 Å². The van der Waals surface area contributed by atoms with E-state index in [9.17, 15) is 84.3 Å². The van der Waals surface area contributed by atoms with Crippen LogP contribution >= 0.6 is 12.3 Å². The summed E-state index contributed by atoms with van der Waals surface area (Å²) in [5, 5.41) is 124. The maximum atomic E-state index is 14.6. The number of fused-ring (bicyclic) bond motifs is 2. The lowest BCUT2D eigenvalue weighted by atomic mass is 9.96. The molecule has 3 saturated heterocycles. The smallest absolute Gasteiger partial charge is 0.261 e. The Morgan fingerprint density at radius 2 is 1.49 bits per heavy atom. The van der Waals surface area contributed by atoms with E-state index in [-0.39, 0.29) is 29.3 Å². The minimum Gasteiger partial charge on any atom is -0.504 e. The number of carbonyl (C=O) groups is 8. The van der Waals surface area contributed by atoms with Gasteiger partial charge in [0, 0.05) is 44.1 Å². The summed E-state index contributed by atoms with van der Waals surface area (Å²) in [4.78, 5) is 118. The van der Waals surface area contributed by atoms with Gasteiger partial charge in [-0.1, -0.05) is 61.4 Å². The first-order valence-corrected chi connectivity index (χ1v) is 26.6. The van der Waals surface area contributed by atoms with Crippen molar-refractivity contribution in [2.45, 2.75) is 164 Å². The molecule has 0 radical (unpaired) electrons.